The SMILES string of the molecule is CC[C@]1(C)C[C@](CC[NH3+])(c2ccccc2OC)CCO1. The lowest BCUT2D eigenvalue weighted by Gasteiger charge is -2.46. The maximum Gasteiger partial charge on any atom is 0.122 e. The van der Waals surface area contributed by atoms with Gasteiger partial charge in [-0.15, -0.1) is 0 Å². The maximum absolute atomic E-state index is 6.05. The van der Waals surface area contributed by atoms with Crippen LogP contribution in [0.2, 0.25) is 0 Å². The molecular weight excluding hydrogens is 250 g/mol. The van der Waals surface area contributed by atoms with Crippen LogP contribution in [-0.2, 0) is 10.2 Å². The third-order valence-electron chi connectivity index (χ3n) is 4.83. The molecule has 20 heavy (non-hydrogen) atoms. The van der Waals surface area contributed by atoms with Crippen molar-refractivity contribution >= 4 is 0 Å². The Kier molecular flexibility index (Phi) is 4.71. The van der Waals surface area contributed by atoms with Gasteiger partial charge in [0.25, 0.3) is 0 Å². The fourth-order valence-electron chi connectivity index (χ4n) is 3.57. The quantitative estimate of drug-likeness (QED) is 0.899. The van der Waals surface area contributed by atoms with Gasteiger partial charge in [-0.1, -0.05) is 25.1 Å². The van der Waals surface area contributed by atoms with Gasteiger partial charge in [-0.05, 0) is 32.3 Å². The molecule has 0 amide bonds. The van der Waals surface area contributed by atoms with Gasteiger partial charge in [0.15, 0.2) is 0 Å². The van der Waals surface area contributed by atoms with E-state index in [4.69, 9.17) is 9.47 Å². The van der Waals surface area contributed by atoms with Crippen molar-refractivity contribution in [3.63, 3.8) is 0 Å². The van der Waals surface area contributed by atoms with Crippen molar-refractivity contribution < 1.29 is 15.2 Å². The number of methoxy groups -OCH3 is 1. The van der Waals surface area contributed by atoms with Gasteiger partial charge in [-0.25, -0.2) is 0 Å². The Balaban J connectivity index is 2.43. The fourth-order valence-corrected chi connectivity index (χ4v) is 3.57. The van der Waals surface area contributed by atoms with Crippen molar-refractivity contribution in [3.05, 3.63) is 29.8 Å². The molecule has 0 bridgehead atoms. The molecule has 0 aromatic heterocycles. The molecule has 2 atom stereocenters. The van der Waals surface area contributed by atoms with Crippen LogP contribution in [0.1, 0.15) is 45.1 Å². The van der Waals surface area contributed by atoms with E-state index in [1.54, 1.807) is 7.11 Å². The number of hydrogen-bond donors (Lipinski definition) is 1. The minimum Gasteiger partial charge on any atom is -0.496 e. The standard InChI is InChI=1S/C17H27NO2/c1-4-16(2)13-17(9-11-18,10-12-20-16)14-7-5-6-8-15(14)19-3/h5-8H,4,9-13,18H2,1-3H3/p+1/t16-,17-/m1/s1. The number of rotatable bonds is 5. The zero-order valence-corrected chi connectivity index (χ0v) is 13.1. The predicted octanol–water partition coefficient (Wildman–Crippen LogP) is 2.54. The van der Waals surface area contributed by atoms with Gasteiger partial charge in [0.2, 0.25) is 0 Å². The maximum atomic E-state index is 6.05. The topological polar surface area (TPSA) is 46.1 Å². The summed E-state index contributed by atoms with van der Waals surface area (Å²) in [5.74, 6) is 1.00. The summed E-state index contributed by atoms with van der Waals surface area (Å²) in [5, 5.41) is 0. The minimum atomic E-state index is -0.0335. The smallest absolute Gasteiger partial charge is 0.122 e. The first-order valence-corrected chi connectivity index (χ1v) is 7.66. The molecule has 1 aliphatic heterocycles. The monoisotopic (exact) mass is 278 g/mol. The highest BCUT2D eigenvalue weighted by atomic mass is 16.5. The summed E-state index contributed by atoms with van der Waals surface area (Å²) < 4.78 is 11.7. The number of para-hydroxylation sites is 1. The molecule has 0 aliphatic carbocycles. The molecule has 0 radical (unpaired) electrons. The summed E-state index contributed by atoms with van der Waals surface area (Å²) >= 11 is 0. The zero-order valence-electron chi connectivity index (χ0n) is 13.1. The van der Waals surface area contributed by atoms with Crippen molar-refractivity contribution in [2.45, 2.75) is 50.5 Å². The van der Waals surface area contributed by atoms with Crippen LogP contribution in [0.5, 0.6) is 5.75 Å². The Bertz CT molecular complexity index is 444. The zero-order chi connectivity index (χ0) is 14.6. The van der Waals surface area contributed by atoms with E-state index >= 15 is 0 Å². The van der Waals surface area contributed by atoms with E-state index in [0.717, 1.165) is 44.6 Å². The van der Waals surface area contributed by atoms with E-state index in [0.29, 0.717) is 0 Å². The number of hydrogen-bond acceptors (Lipinski definition) is 2. The summed E-state index contributed by atoms with van der Waals surface area (Å²) in [5.41, 5.74) is 5.53. The van der Waals surface area contributed by atoms with Crippen molar-refractivity contribution in [1.82, 2.24) is 0 Å². The Morgan fingerprint density at radius 3 is 2.75 bits per heavy atom. The highest BCUT2D eigenvalue weighted by Gasteiger charge is 2.44. The largest absolute Gasteiger partial charge is 0.496 e. The molecule has 0 unspecified atom stereocenters. The minimum absolute atomic E-state index is 0.0335. The van der Waals surface area contributed by atoms with Gasteiger partial charge in [0.05, 0.1) is 19.3 Å². The number of benzene rings is 1. The Morgan fingerprint density at radius 1 is 1.35 bits per heavy atom. The Morgan fingerprint density at radius 2 is 2.10 bits per heavy atom. The molecule has 112 valence electrons. The van der Waals surface area contributed by atoms with E-state index in [9.17, 15) is 0 Å². The van der Waals surface area contributed by atoms with Crippen LogP contribution in [0, 0.1) is 0 Å². The molecule has 1 fully saturated rings. The van der Waals surface area contributed by atoms with E-state index in [1.165, 1.54) is 5.56 Å². The molecule has 1 aromatic rings. The fraction of sp³-hybridized carbons (Fsp3) is 0.647. The molecule has 2 rings (SSSR count). The average Bonchev–Trinajstić information content (AvgIpc) is 2.47. The van der Waals surface area contributed by atoms with Crippen LogP contribution in [0.3, 0.4) is 0 Å². The van der Waals surface area contributed by atoms with Gasteiger partial charge < -0.3 is 15.2 Å². The molecule has 3 N–H and O–H groups in total. The molecule has 0 saturated carbocycles. The second kappa shape index (κ2) is 6.15. The summed E-state index contributed by atoms with van der Waals surface area (Å²) in [4.78, 5) is 0. The van der Waals surface area contributed by atoms with E-state index in [-0.39, 0.29) is 11.0 Å². The summed E-state index contributed by atoms with van der Waals surface area (Å²) in [6.45, 7) is 6.21. The second-order valence-corrected chi connectivity index (χ2v) is 6.16. The highest BCUT2D eigenvalue weighted by Crippen LogP contribution is 2.47. The van der Waals surface area contributed by atoms with Gasteiger partial charge in [-0.2, -0.15) is 0 Å². The predicted molar refractivity (Wildman–Crippen MR) is 80.9 cm³/mol. The Labute approximate surface area is 122 Å². The first-order chi connectivity index (χ1) is 9.59. The third kappa shape index (κ3) is 2.84. The van der Waals surface area contributed by atoms with Crippen molar-refractivity contribution in [2.24, 2.45) is 0 Å². The first-order valence-electron chi connectivity index (χ1n) is 7.66. The molecule has 1 heterocycles. The van der Waals surface area contributed by atoms with Crippen LogP contribution >= 0.6 is 0 Å². The molecular formula is C17H28NO2+. The summed E-state index contributed by atoms with van der Waals surface area (Å²) in [6, 6.07) is 8.44. The lowest BCUT2D eigenvalue weighted by Crippen LogP contribution is -2.55. The van der Waals surface area contributed by atoms with Gasteiger partial charge in [0, 0.05) is 24.0 Å². The molecule has 3 heteroatoms. The van der Waals surface area contributed by atoms with Gasteiger partial charge in [-0.3, -0.25) is 0 Å². The molecule has 0 spiro atoms. The van der Waals surface area contributed by atoms with Crippen LogP contribution in [-0.4, -0.2) is 25.9 Å². The third-order valence-corrected chi connectivity index (χ3v) is 4.83. The number of ether oxygens (including phenoxy) is 2. The van der Waals surface area contributed by atoms with Crippen molar-refractivity contribution in [2.75, 3.05) is 20.3 Å². The summed E-state index contributed by atoms with van der Waals surface area (Å²) in [7, 11) is 1.76. The lowest BCUT2D eigenvalue weighted by molar-refractivity contribution is -0.372. The van der Waals surface area contributed by atoms with Gasteiger partial charge in [0.1, 0.15) is 5.75 Å². The van der Waals surface area contributed by atoms with E-state index in [1.807, 2.05) is 6.07 Å². The van der Waals surface area contributed by atoms with E-state index < -0.39 is 0 Å². The molecule has 1 aliphatic rings. The normalized spacial score (nSPS) is 30.2. The molecule has 1 aromatic carbocycles. The van der Waals surface area contributed by atoms with Crippen molar-refractivity contribution in [1.29, 1.82) is 0 Å². The van der Waals surface area contributed by atoms with Crippen LogP contribution in [0.15, 0.2) is 24.3 Å². The molecule has 3 nitrogen and oxygen atoms in total. The van der Waals surface area contributed by atoms with Gasteiger partial charge >= 0.3 is 0 Å². The van der Waals surface area contributed by atoms with E-state index in [2.05, 4.69) is 37.8 Å². The lowest BCUT2D eigenvalue weighted by atomic mass is 9.66. The van der Waals surface area contributed by atoms with Crippen LogP contribution in [0.4, 0.5) is 0 Å². The van der Waals surface area contributed by atoms with Crippen LogP contribution in [0.25, 0.3) is 0 Å². The second-order valence-electron chi connectivity index (χ2n) is 6.16. The highest BCUT2D eigenvalue weighted by molar-refractivity contribution is 5.40. The molecule has 1 saturated heterocycles. The Hall–Kier alpha value is -1.06. The van der Waals surface area contributed by atoms with Crippen LogP contribution < -0.4 is 10.5 Å². The average molecular weight is 278 g/mol. The summed E-state index contributed by atoms with van der Waals surface area (Å²) in [6.07, 6.45) is 4.23. The van der Waals surface area contributed by atoms with Crippen molar-refractivity contribution in [3.8, 4) is 5.75 Å². The number of quaternary nitrogens is 1. The first kappa shape index (κ1) is 15.3.